The van der Waals surface area contributed by atoms with Crippen molar-refractivity contribution in [2.24, 2.45) is 0 Å². The molecule has 2 aliphatic rings. The van der Waals surface area contributed by atoms with E-state index in [2.05, 4.69) is 25.0 Å². The lowest BCUT2D eigenvalue weighted by molar-refractivity contribution is 0.0961. The van der Waals surface area contributed by atoms with Gasteiger partial charge in [-0.25, -0.2) is 9.97 Å². The molecule has 0 unspecified atom stereocenters. The minimum absolute atomic E-state index is 0.0177. The standard InChI is InChI=1S/C20H23N5O3/c26-15(3-1-2-6-20(27)7-8-20)17-14-11-25(10-5-16(14)28-24-17)19-13-4-9-21-18(13)22-12-23-19/h4,9,12,27H,1-3,5-8,10-11H2,(H,21,22,23). The van der Waals surface area contributed by atoms with Crippen molar-refractivity contribution in [2.75, 3.05) is 11.4 Å². The molecule has 0 aromatic carbocycles. The van der Waals surface area contributed by atoms with E-state index in [4.69, 9.17) is 4.52 Å². The maximum Gasteiger partial charge on any atom is 0.185 e. The molecule has 0 spiro atoms. The van der Waals surface area contributed by atoms with Crippen LogP contribution in [-0.4, -0.2) is 43.1 Å². The minimum Gasteiger partial charge on any atom is -0.390 e. The summed E-state index contributed by atoms with van der Waals surface area (Å²) < 4.78 is 5.46. The van der Waals surface area contributed by atoms with Crippen LogP contribution in [0.25, 0.3) is 11.0 Å². The second-order valence-corrected chi connectivity index (χ2v) is 7.90. The molecule has 8 nitrogen and oxygen atoms in total. The van der Waals surface area contributed by atoms with Crippen LogP contribution in [0.1, 0.15) is 60.3 Å². The second kappa shape index (κ2) is 6.70. The molecular weight excluding hydrogens is 358 g/mol. The third-order valence-electron chi connectivity index (χ3n) is 5.85. The van der Waals surface area contributed by atoms with E-state index in [-0.39, 0.29) is 5.78 Å². The Morgan fingerprint density at radius 1 is 1.32 bits per heavy atom. The number of ketones is 1. The molecule has 3 aromatic heterocycles. The number of anilines is 1. The third-order valence-corrected chi connectivity index (χ3v) is 5.85. The Morgan fingerprint density at radius 3 is 3.07 bits per heavy atom. The van der Waals surface area contributed by atoms with Gasteiger partial charge in [-0.3, -0.25) is 4.79 Å². The first-order chi connectivity index (χ1) is 13.6. The van der Waals surface area contributed by atoms with Crippen LogP contribution in [0, 0.1) is 0 Å². The molecule has 1 fully saturated rings. The molecule has 0 bridgehead atoms. The van der Waals surface area contributed by atoms with E-state index < -0.39 is 5.60 Å². The van der Waals surface area contributed by atoms with Crippen LogP contribution in [0.3, 0.4) is 0 Å². The van der Waals surface area contributed by atoms with Gasteiger partial charge in [-0.2, -0.15) is 0 Å². The molecular formula is C20H23N5O3. The van der Waals surface area contributed by atoms with E-state index in [9.17, 15) is 9.90 Å². The van der Waals surface area contributed by atoms with Crippen LogP contribution in [0.5, 0.6) is 0 Å². The van der Waals surface area contributed by atoms with E-state index in [1.807, 2.05) is 12.3 Å². The predicted octanol–water partition coefficient (Wildman–Crippen LogP) is 2.78. The summed E-state index contributed by atoms with van der Waals surface area (Å²) in [6.07, 6.45) is 8.73. The zero-order chi connectivity index (χ0) is 19.1. The van der Waals surface area contributed by atoms with Gasteiger partial charge in [-0.05, 0) is 31.7 Å². The molecule has 28 heavy (non-hydrogen) atoms. The summed E-state index contributed by atoms with van der Waals surface area (Å²) in [4.78, 5) is 26.7. The van der Waals surface area contributed by atoms with Gasteiger partial charge in [0.05, 0.1) is 17.5 Å². The third kappa shape index (κ3) is 3.17. The lowest BCUT2D eigenvalue weighted by atomic mass is 10.0. The number of rotatable bonds is 7. The largest absolute Gasteiger partial charge is 0.390 e. The van der Waals surface area contributed by atoms with Gasteiger partial charge in [-0.15, -0.1) is 0 Å². The van der Waals surface area contributed by atoms with Gasteiger partial charge >= 0.3 is 0 Å². The Balaban J connectivity index is 1.29. The number of unbranched alkanes of at least 4 members (excludes halogenated alkanes) is 1. The maximum absolute atomic E-state index is 12.7. The van der Waals surface area contributed by atoms with Crippen molar-refractivity contribution in [1.29, 1.82) is 0 Å². The molecule has 0 radical (unpaired) electrons. The van der Waals surface area contributed by atoms with Crippen molar-refractivity contribution in [3.63, 3.8) is 0 Å². The van der Waals surface area contributed by atoms with Crippen molar-refractivity contribution in [2.45, 2.75) is 57.1 Å². The van der Waals surface area contributed by atoms with Crippen LogP contribution < -0.4 is 4.90 Å². The monoisotopic (exact) mass is 381 g/mol. The highest BCUT2D eigenvalue weighted by molar-refractivity contribution is 5.96. The van der Waals surface area contributed by atoms with Gasteiger partial charge in [0.1, 0.15) is 23.6 Å². The summed E-state index contributed by atoms with van der Waals surface area (Å²) in [6, 6.07) is 1.97. The Morgan fingerprint density at radius 2 is 2.21 bits per heavy atom. The number of carbonyl (C=O) groups excluding carboxylic acids is 1. The fourth-order valence-corrected chi connectivity index (χ4v) is 3.97. The quantitative estimate of drug-likeness (QED) is 0.478. The maximum atomic E-state index is 12.7. The number of aromatic nitrogens is 4. The smallest absolute Gasteiger partial charge is 0.185 e. The number of H-pyrrole nitrogens is 1. The van der Waals surface area contributed by atoms with Crippen molar-refractivity contribution >= 4 is 22.6 Å². The second-order valence-electron chi connectivity index (χ2n) is 7.90. The van der Waals surface area contributed by atoms with Crippen molar-refractivity contribution in [3.8, 4) is 0 Å². The lowest BCUT2D eigenvalue weighted by Crippen LogP contribution is -2.31. The molecule has 0 amide bonds. The Labute approximate surface area is 162 Å². The predicted molar refractivity (Wildman–Crippen MR) is 102 cm³/mol. The first kappa shape index (κ1) is 17.4. The van der Waals surface area contributed by atoms with E-state index in [1.165, 1.54) is 0 Å². The normalized spacial score (nSPS) is 17.7. The number of fused-ring (bicyclic) bond motifs is 2. The van der Waals surface area contributed by atoms with Crippen LogP contribution in [-0.2, 0) is 13.0 Å². The Bertz CT molecular complexity index is 1020. The van der Waals surface area contributed by atoms with E-state index >= 15 is 0 Å². The SMILES string of the molecule is O=C(CCCCC1(O)CC1)c1noc2c1CN(c1ncnc3[nH]ccc13)CC2. The number of carbonyl (C=O) groups is 1. The highest BCUT2D eigenvalue weighted by atomic mass is 16.5. The topological polar surface area (TPSA) is 108 Å². The summed E-state index contributed by atoms with van der Waals surface area (Å²) in [5.74, 6) is 1.67. The number of hydrogen-bond acceptors (Lipinski definition) is 7. The van der Waals surface area contributed by atoms with Crippen LogP contribution in [0.4, 0.5) is 5.82 Å². The lowest BCUT2D eigenvalue weighted by Gasteiger charge is -2.27. The Hall–Kier alpha value is -2.74. The van der Waals surface area contributed by atoms with Gasteiger partial charge in [0.25, 0.3) is 0 Å². The number of nitrogens with zero attached hydrogens (tertiary/aromatic N) is 4. The van der Waals surface area contributed by atoms with Gasteiger partial charge in [0.2, 0.25) is 0 Å². The highest BCUT2D eigenvalue weighted by Crippen LogP contribution is 2.39. The number of nitrogens with one attached hydrogen (secondary N) is 1. The molecule has 1 aliphatic carbocycles. The molecule has 146 valence electrons. The summed E-state index contributed by atoms with van der Waals surface area (Å²) >= 11 is 0. The van der Waals surface area contributed by atoms with Crippen LogP contribution in [0.15, 0.2) is 23.1 Å². The van der Waals surface area contributed by atoms with Crippen molar-refractivity contribution in [1.82, 2.24) is 20.1 Å². The number of aromatic amines is 1. The first-order valence-electron chi connectivity index (χ1n) is 9.89. The van der Waals surface area contributed by atoms with Crippen molar-refractivity contribution < 1.29 is 14.4 Å². The molecule has 8 heteroatoms. The van der Waals surface area contributed by atoms with Gasteiger partial charge in [0, 0.05) is 31.1 Å². The van der Waals surface area contributed by atoms with Crippen LogP contribution >= 0.6 is 0 Å². The van der Waals surface area contributed by atoms with Gasteiger partial charge in [-0.1, -0.05) is 11.6 Å². The fourth-order valence-electron chi connectivity index (χ4n) is 3.97. The Kier molecular flexibility index (Phi) is 4.16. The molecule has 0 atom stereocenters. The molecule has 2 N–H and O–H groups in total. The number of aliphatic hydroxyl groups is 1. The zero-order valence-corrected chi connectivity index (χ0v) is 15.6. The molecule has 5 rings (SSSR count). The van der Waals surface area contributed by atoms with Gasteiger partial charge < -0.3 is 19.5 Å². The molecule has 1 aliphatic heterocycles. The average Bonchev–Trinajstić information content (AvgIpc) is 3.11. The summed E-state index contributed by atoms with van der Waals surface area (Å²) in [5.41, 5.74) is 1.68. The molecule has 4 heterocycles. The van der Waals surface area contributed by atoms with Gasteiger partial charge in [0.15, 0.2) is 11.5 Å². The minimum atomic E-state index is -0.447. The number of hydrogen-bond donors (Lipinski definition) is 2. The summed E-state index contributed by atoms with van der Waals surface area (Å²) in [5, 5.41) is 14.9. The van der Waals surface area contributed by atoms with E-state index in [0.717, 1.165) is 66.8 Å². The average molecular weight is 381 g/mol. The first-order valence-corrected chi connectivity index (χ1v) is 9.89. The molecule has 3 aromatic rings. The number of Topliss-reactive ketones (excluding diaryl/α,β-unsaturated/α-hetero) is 1. The highest BCUT2D eigenvalue weighted by Gasteiger charge is 2.39. The summed E-state index contributed by atoms with van der Waals surface area (Å²) in [6.45, 7) is 1.31. The zero-order valence-electron chi connectivity index (χ0n) is 15.6. The van der Waals surface area contributed by atoms with Crippen LogP contribution in [0.2, 0.25) is 0 Å². The van der Waals surface area contributed by atoms with E-state index in [0.29, 0.717) is 25.1 Å². The molecule has 0 saturated heterocycles. The molecule has 1 saturated carbocycles. The fraction of sp³-hybridized carbons (Fsp3) is 0.500. The summed E-state index contributed by atoms with van der Waals surface area (Å²) in [7, 11) is 0. The van der Waals surface area contributed by atoms with Crippen molar-refractivity contribution in [3.05, 3.63) is 35.6 Å². The van der Waals surface area contributed by atoms with E-state index in [1.54, 1.807) is 6.33 Å².